The highest BCUT2D eigenvalue weighted by Gasteiger charge is 2.84. The molecule has 5 aliphatic rings. The van der Waals surface area contributed by atoms with Gasteiger partial charge in [0.25, 0.3) is 0 Å². The van der Waals surface area contributed by atoms with Gasteiger partial charge in [-0.2, -0.15) is 0 Å². The van der Waals surface area contributed by atoms with Crippen molar-refractivity contribution in [3.05, 3.63) is 24.2 Å². The topological polar surface area (TPSA) is 98.5 Å². The fourth-order valence-corrected chi connectivity index (χ4v) is 7.65. The Hall–Kier alpha value is -1.70. The second-order valence-electron chi connectivity index (χ2n) is 10.3. The Balaban J connectivity index is 1.49. The molecule has 10 atom stereocenters. The third kappa shape index (κ3) is 2.02. The quantitative estimate of drug-likeness (QED) is 0.584. The normalized spacial score (nSPS) is 53.9. The van der Waals surface area contributed by atoms with Crippen molar-refractivity contribution in [1.82, 2.24) is 0 Å². The van der Waals surface area contributed by atoms with E-state index < -0.39 is 41.2 Å². The predicted octanol–water partition coefficient (Wildman–Crippen LogP) is 2.42. The van der Waals surface area contributed by atoms with E-state index in [9.17, 15) is 14.7 Å². The number of furan rings is 1. The Kier molecular flexibility index (Phi) is 3.65. The lowest BCUT2D eigenvalue weighted by molar-refractivity contribution is -0.203. The minimum Gasteiger partial charge on any atom is -0.472 e. The number of carbonyl (C=O) groups is 2. The van der Waals surface area contributed by atoms with Gasteiger partial charge in [-0.3, -0.25) is 4.79 Å². The molecular formula is C23H28O7. The lowest BCUT2D eigenvalue weighted by atomic mass is 9.46. The number of ether oxygens (including phenoxy) is 3. The molecule has 6 rings (SSSR count). The van der Waals surface area contributed by atoms with Crippen LogP contribution in [0.3, 0.4) is 0 Å². The predicted molar refractivity (Wildman–Crippen MR) is 102 cm³/mol. The van der Waals surface area contributed by atoms with Crippen LogP contribution < -0.4 is 0 Å². The van der Waals surface area contributed by atoms with Gasteiger partial charge in [0.2, 0.25) is 0 Å². The highest BCUT2D eigenvalue weighted by atomic mass is 16.7. The van der Waals surface area contributed by atoms with Crippen LogP contribution in [0, 0.1) is 29.1 Å². The number of carbonyl (C=O) groups excluding carboxylic acids is 2. The molecule has 30 heavy (non-hydrogen) atoms. The van der Waals surface area contributed by atoms with Gasteiger partial charge in [-0.1, -0.05) is 13.8 Å². The van der Waals surface area contributed by atoms with E-state index in [1.165, 1.54) is 0 Å². The maximum Gasteiger partial charge on any atom is 0.339 e. The molecule has 0 amide bonds. The van der Waals surface area contributed by atoms with E-state index in [1.807, 2.05) is 6.92 Å². The number of ketones is 1. The van der Waals surface area contributed by atoms with Crippen LogP contribution in [-0.4, -0.2) is 46.9 Å². The van der Waals surface area contributed by atoms with Crippen molar-refractivity contribution in [2.45, 2.75) is 69.5 Å². The Morgan fingerprint density at radius 3 is 2.73 bits per heavy atom. The molecule has 7 nitrogen and oxygen atoms in total. The number of hydrogen-bond acceptors (Lipinski definition) is 7. The summed E-state index contributed by atoms with van der Waals surface area (Å²) < 4.78 is 23.4. The number of aliphatic hydroxyl groups excluding tert-OH is 1. The molecule has 1 spiro atoms. The average molecular weight is 416 g/mol. The minimum absolute atomic E-state index is 0.0642. The molecule has 0 unspecified atom stereocenters. The summed E-state index contributed by atoms with van der Waals surface area (Å²) in [5.74, 6) is -0.987. The number of esters is 1. The smallest absolute Gasteiger partial charge is 0.339 e. The van der Waals surface area contributed by atoms with Gasteiger partial charge < -0.3 is 23.7 Å². The zero-order valence-corrected chi connectivity index (χ0v) is 17.5. The standard InChI is InChI=1S/C23H28O7/c1-4-22(3)16-12(10-28-22)7-13(24)17-15(16)14(25)8-21(2)18(11-5-6-27-9-11)29-20(26)19-23(17,21)30-19/h5-6,9,12,14-19,25H,4,7-8,10H2,1-3H3/t12-,14-,15-,16-,17-,18+,19+,21-,22+,23+/m1/s1. The summed E-state index contributed by atoms with van der Waals surface area (Å²) in [5.41, 5.74) is -1.31. The number of cyclic esters (lactones) is 1. The van der Waals surface area contributed by atoms with E-state index in [2.05, 4.69) is 13.8 Å². The molecule has 0 radical (unpaired) electrons. The molecule has 1 N–H and O–H groups in total. The number of Topliss-reactive ketones (excluding diaryl/α,β-unsaturated/α-hetero) is 1. The largest absolute Gasteiger partial charge is 0.472 e. The van der Waals surface area contributed by atoms with Crippen LogP contribution >= 0.6 is 0 Å². The van der Waals surface area contributed by atoms with Gasteiger partial charge in [0, 0.05) is 23.3 Å². The van der Waals surface area contributed by atoms with Crippen LogP contribution in [0.5, 0.6) is 0 Å². The number of fused-ring (bicyclic) bond motifs is 3. The highest BCUT2D eigenvalue weighted by molar-refractivity contribution is 5.90. The molecule has 3 saturated heterocycles. The molecule has 2 aliphatic carbocycles. The van der Waals surface area contributed by atoms with Gasteiger partial charge in [-0.15, -0.1) is 0 Å². The van der Waals surface area contributed by atoms with Crippen molar-refractivity contribution in [3.8, 4) is 0 Å². The second-order valence-corrected chi connectivity index (χ2v) is 10.3. The molecule has 0 bridgehead atoms. The van der Waals surface area contributed by atoms with E-state index in [4.69, 9.17) is 18.6 Å². The van der Waals surface area contributed by atoms with Gasteiger partial charge in [0.1, 0.15) is 17.5 Å². The van der Waals surface area contributed by atoms with Gasteiger partial charge in [-0.05, 0) is 37.7 Å². The maximum atomic E-state index is 13.5. The van der Waals surface area contributed by atoms with Crippen LogP contribution in [0.1, 0.15) is 51.7 Å². The van der Waals surface area contributed by atoms with Gasteiger partial charge >= 0.3 is 5.97 Å². The molecule has 0 aromatic carbocycles. The van der Waals surface area contributed by atoms with Crippen molar-refractivity contribution in [3.63, 3.8) is 0 Å². The zero-order valence-electron chi connectivity index (χ0n) is 17.5. The van der Waals surface area contributed by atoms with E-state index in [0.717, 1.165) is 12.0 Å². The summed E-state index contributed by atoms with van der Waals surface area (Å²) in [6.07, 6.45) is 2.65. The number of hydrogen-bond donors (Lipinski definition) is 1. The van der Waals surface area contributed by atoms with Crippen LogP contribution in [-0.2, 0) is 23.8 Å². The molecule has 1 aromatic heterocycles. The summed E-state index contributed by atoms with van der Waals surface area (Å²) in [6.45, 7) is 6.72. The lowest BCUT2D eigenvalue weighted by Gasteiger charge is -2.58. The Morgan fingerprint density at radius 1 is 1.23 bits per heavy atom. The fraction of sp³-hybridized carbons (Fsp3) is 0.739. The van der Waals surface area contributed by atoms with Gasteiger partial charge in [0.15, 0.2) is 6.10 Å². The Labute approximate surface area is 175 Å². The Morgan fingerprint density at radius 2 is 2.03 bits per heavy atom. The molecule has 4 heterocycles. The first-order chi connectivity index (χ1) is 14.3. The first kappa shape index (κ1) is 19.0. The van der Waals surface area contributed by atoms with Gasteiger partial charge in [0.05, 0.1) is 36.8 Å². The van der Waals surface area contributed by atoms with Crippen LogP contribution in [0.25, 0.3) is 0 Å². The Bertz CT molecular complexity index is 911. The summed E-state index contributed by atoms with van der Waals surface area (Å²) in [4.78, 5) is 26.4. The van der Waals surface area contributed by atoms with Crippen LogP contribution in [0.15, 0.2) is 23.0 Å². The zero-order chi connectivity index (χ0) is 21.1. The summed E-state index contributed by atoms with van der Waals surface area (Å²) >= 11 is 0. The second kappa shape index (κ2) is 5.75. The first-order valence-electron chi connectivity index (χ1n) is 11.0. The molecule has 162 valence electrons. The SMILES string of the molecule is CC[C@]1(C)OC[C@H]2CC(=O)[C@@H]3[C@@H]([C@@H]21)[C@H](O)C[C@]1(C)[C@H](c2ccoc2)OC(=O)[C@@H]2O[C@@]321. The van der Waals surface area contributed by atoms with Crippen molar-refractivity contribution in [1.29, 1.82) is 0 Å². The number of aliphatic hydroxyl groups is 1. The van der Waals surface area contributed by atoms with E-state index >= 15 is 0 Å². The summed E-state index contributed by atoms with van der Waals surface area (Å²) in [6, 6.07) is 1.77. The molecular weight excluding hydrogens is 388 g/mol. The van der Waals surface area contributed by atoms with Crippen LogP contribution in [0.4, 0.5) is 0 Å². The molecule has 1 aromatic rings. The van der Waals surface area contributed by atoms with E-state index in [0.29, 0.717) is 19.4 Å². The maximum absolute atomic E-state index is 13.5. The third-order valence-corrected chi connectivity index (χ3v) is 9.10. The van der Waals surface area contributed by atoms with E-state index in [1.54, 1.807) is 18.6 Å². The van der Waals surface area contributed by atoms with Crippen molar-refractivity contribution < 1.29 is 33.3 Å². The number of epoxide rings is 1. The lowest BCUT2D eigenvalue weighted by Crippen LogP contribution is -2.67. The van der Waals surface area contributed by atoms with Crippen molar-refractivity contribution in [2.75, 3.05) is 6.61 Å². The summed E-state index contributed by atoms with van der Waals surface area (Å²) in [5, 5.41) is 11.5. The van der Waals surface area contributed by atoms with Crippen LogP contribution in [0.2, 0.25) is 0 Å². The minimum atomic E-state index is -0.937. The monoisotopic (exact) mass is 416 g/mol. The molecule has 2 saturated carbocycles. The van der Waals surface area contributed by atoms with Gasteiger partial charge in [-0.25, -0.2) is 4.79 Å². The fourth-order valence-electron chi connectivity index (χ4n) is 7.65. The molecule has 7 heteroatoms. The van der Waals surface area contributed by atoms with Crippen molar-refractivity contribution >= 4 is 11.8 Å². The summed E-state index contributed by atoms with van der Waals surface area (Å²) in [7, 11) is 0. The average Bonchev–Trinajstić information content (AvgIpc) is 3.08. The van der Waals surface area contributed by atoms with Crippen molar-refractivity contribution in [2.24, 2.45) is 29.1 Å². The molecule has 5 fully saturated rings. The third-order valence-electron chi connectivity index (χ3n) is 9.10. The van der Waals surface area contributed by atoms with E-state index in [-0.39, 0.29) is 29.1 Å². The molecule has 3 aliphatic heterocycles. The highest BCUT2D eigenvalue weighted by Crippen LogP contribution is 2.73. The first-order valence-corrected chi connectivity index (χ1v) is 11.0. The number of rotatable bonds is 2.